The molecule has 0 amide bonds. The monoisotopic (exact) mass is 495 g/mol. The van der Waals surface area contributed by atoms with Crippen molar-refractivity contribution in [3.8, 4) is 0 Å². The molecule has 0 fully saturated rings. The van der Waals surface area contributed by atoms with Crippen molar-refractivity contribution in [2.24, 2.45) is 0 Å². The summed E-state index contributed by atoms with van der Waals surface area (Å²) >= 11 is 0. The molecule has 0 radical (unpaired) electrons. The van der Waals surface area contributed by atoms with Crippen molar-refractivity contribution in [2.45, 2.75) is 78.1 Å². The number of carbonyl (C=O) groups is 1. The summed E-state index contributed by atoms with van der Waals surface area (Å²) in [6.07, 6.45) is 14.9. The topological polar surface area (TPSA) is 23.3 Å². The number of ketones is 1. The molecule has 0 bridgehead atoms. The van der Waals surface area contributed by atoms with Crippen LogP contribution < -0.4 is 4.90 Å². The SMILES string of the molecule is CCN1C(=CC=CC=CC2=[N+](CCCCCC(C)=O)c3ccccc3C2(C)C)C(C)(C)c2ccccc21. The van der Waals surface area contributed by atoms with E-state index in [-0.39, 0.29) is 16.6 Å². The van der Waals surface area contributed by atoms with E-state index < -0.39 is 0 Å². The predicted molar refractivity (Wildman–Crippen MR) is 157 cm³/mol. The molecule has 0 aromatic heterocycles. The van der Waals surface area contributed by atoms with Crippen LogP contribution in [0.5, 0.6) is 0 Å². The Kier molecular flexibility index (Phi) is 8.02. The van der Waals surface area contributed by atoms with Crippen LogP contribution in [0.25, 0.3) is 0 Å². The Morgan fingerprint density at radius 3 is 2.30 bits per heavy atom. The number of allylic oxidation sites excluding steroid dienone is 6. The third-order valence-corrected chi connectivity index (χ3v) is 8.06. The van der Waals surface area contributed by atoms with Crippen LogP contribution in [0.2, 0.25) is 0 Å². The van der Waals surface area contributed by atoms with Gasteiger partial charge in [0.25, 0.3) is 0 Å². The molecule has 0 aliphatic carbocycles. The zero-order valence-corrected chi connectivity index (χ0v) is 23.6. The summed E-state index contributed by atoms with van der Waals surface area (Å²) in [5.41, 5.74) is 8.03. The third kappa shape index (κ3) is 5.28. The average Bonchev–Trinajstić information content (AvgIpc) is 3.22. The molecule has 2 heterocycles. The Balaban J connectivity index is 1.55. The first kappa shape index (κ1) is 26.9. The van der Waals surface area contributed by atoms with Crippen LogP contribution in [0.15, 0.2) is 84.6 Å². The van der Waals surface area contributed by atoms with Gasteiger partial charge in [-0.15, -0.1) is 0 Å². The molecular formula is C34H43N2O+. The molecular weight excluding hydrogens is 452 g/mol. The van der Waals surface area contributed by atoms with Crippen molar-refractivity contribution >= 4 is 22.9 Å². The number of Topliss-reactive ketones (excluding diaryl/α,β-unsaturated/α-hetero) is 1. The van der Waals surface area contributed by atoms with Crippen molar-refractivity contribution in [2.75, 3.05) is 18.0 Å². The van der Waals surface area contributed by atoms with E-state index >= 15 is 0 Å². The standard InChI is InChI=1S/C34H43N2O/c1-7-35-29-21-15-13-19-27(29)33(3,4)31(35)23-11-8-12-24-32-34(5,6)28-20-14-16-22-30(28)36(32)25-17-9-10-18-26(2)37/h8,11-16,19-24H,7,9-10,17-18,25H2,1-6H3/q+1. The number of carbonyl (C=O) groups excluding carboxylic acids is 1. The number of rotatable bonds is 10. The first-order chi connectivity index (χ1) is 17.7. The van der Waals surface area contributed by atoms with E-state index in [0.29, 0.717) is 6.42 Å². The molecule has 37 heavy (non-hydrogen) atoms. The molecule has 2 aromatic rings. The van der Waals surface area contributed by atoms with Crippen LogP contribution in [0.4, 0.5) is 11.4 Å². The fraction of sp³-hybridized carbons (Fsp3) is 0.412. The zero-order chi connectivity index (χ0) is 26.6. The maximum absolute atomic E-state index is 11.3. The van der Waals surface area contributed by atoms with Crippen molar-refractivity contribution in [1.29, 1.82) is 0 Å². The van der Waals surface area contributed by atoms with Crippen LogP contribution in [0.3, 0.4) is 0 Å². The molecule has 2 aromatic carbocycles. The fourth-order valence-electron chi connectivity index (χ4n) is 6.04. The minimum atomic E-state index is -0.0487. The number of nitrogens with zero attached hydrogens (tertiary/aromatic N) is 2. The number of hydrogen-bond acceptors (Lipinski definition) is 2. The minimum Gasteiger partial charge on any atom is -0.344 e. The molecule has 2 aliphatic rings. The Morgan fingerprint density at radius 1 is 0.865 bits per heavy atom. The van der Waals surface area contributed by atoms with Crippen LogP contribution in [-0.2, 0) is 15.6 Å². The van der Waals surface area contributed by atoms with Crippen LogP contribution in [0.1, 0.15) is 78.4 Å². The maximum Gasteiger partial charge on any atom is 0.209 e. The second-order valence-corrected chi connectivity index (χ2v) is 11.4. The van der Waals surface area contributed by atoms with Gasteiger partial charge in [0, 0.05) is 53.9 Å². The van der Waals surface area contributed by atoms with Crippen LogP contribution >= 0.6 is 0 Å². The largest absolute Gasteiger partial charge is 0.344 e. The second-order valence-electron chi connectivity index (χ2n) is 11.4. The fourth-order valence-corrected chi connectivity index (χ4v) is 6.04. The zero-order valence-electron chi connectivity index (χ0n) is 23.6. The quantitative estimate of drug-likeness (QED) is 0.189. The van der Waals surface area contributed by atoms with Gasteiger partial charge in [-0.05, 0) is 58.2 Å². The second kappa shape index (κ2) is 11.0. The highest BCUT2D eigenvalue weighted by molar-refractivity contribution is 6.03. The molecule has 3 nitrogen and oxygen atoms in total. The molecule has 0 N–H and O–H groups in total. The lowest BCUT2D eigenvalue weighted by atomic mass is 9.81. The maximum atomic E-state index is 11.3. The van der Waals surface area contributed by atoms with Gasteiger partial charge in [0.05, 0.1) is 5.41 Å². The summed E-state index contributed by atoms with van der Waals surface area (Å²) in [4.78, 5) is 13.7. The first-order valence-electron chi connectivity index (χ1n) is 13.9. The van der Waals surface area contributed by atoms with Crippen molar-refractivity contribution in [3.05, 3.63) is 95.7 Å². The van der Waals surface area contributed by atoms with Crippen LogP contribution in [-0.4, -0.2) is 29.2 Å². The summed E-state index contributed by atoms with van der Waals surface area (Å²) in [5, 5.41) is 0. The first-order valence-corrected chi connectivity index (χ1v) is 13.9. The molecule has 2 aliphatic heterocycles. The lowest BCUT2D eigenvalue weighted by Gasteiger charge is -2.25. The summed E-state index contributed by atoms with van der Waals surface area (Å²) in [7, 11) is 0. The molecule has 0 spiro atoms. The Bertz CT molecular complexity index is 1270. The van der Waals surface area contributed by atoms with Gasteiger partial charge in [-0.2, -0.15) is 4.58 Å². The number of anilines is 1. The minimum absolute atomic E-state index is 0.0102. The highest BCUT2D eigenvalue weighted by atomic mass is 16.1. The normalized spacial score (nSPS) is 18.9. The van der Waals surface area contributed by atoms with Gasteiger partial charge in [0.2, 0.25) is 5.69 Å². The molecule has 0 unspecified atom stereocenters. The third-order valence-electron chi connectivity index (χ3n) is 8.06. The number of benzene rings is 2. The van der Waals surface area contributed by atoms with E-state index in [1.165, 1.54) is 33.9 Å². The molecule has 0 atom stereocenters. The Labute approximate surface area is 223 Å². The molecule has 0 saturated heterocycles. The lowest BCUT2D eigenvalue weighted by Crippen LogP contribution is -2.27. The van der Waals surface area contributed by atoms with Crippen molar-refractivity contribution < 1.29 is 9.37 Å². The highest BCUT2D eigenvalue weighted by Crippen LogP contribution is 2.47. The van der Waals surface area contributed by atoms with Crippen molar-refractivity contribution in [3.63, 3.8) is 0 Å². The van der Waals surface area contributed by atoms with Crippen molar-refractivity contribution in [1.82, 2.24) is 0 Å². The number of para-hydroxylation sites is 2. The highest BCUT2D eigenvalue weighted by Gasteiger charge is 2.43. The van der Waals surface area contributed by atoms with E-state index in [4.69, 9.17) is 0 Å². The van der Waals surface area contributed by atoms with E-state index in [0.717, 1.165) is 32.4 Å². The number of fused-ring (bicyclic) bond motifs is 2. The van der Waals surface area contributed by atoms with E-state index in [2.05, 4.69) is 123 Å². The van der Waals surface area contributed by atoms with Gasteiger partial charge >= 0.3 is 0 Å². The lowest BCUT2D eigenvalue weighted by molar-refractivity contribution is -0.438. The Hall–Kier alpha value is -3.20. The van der Waals surface area contributed by atoms with Gasteiger partial charge in [0.1, 0.15) is 12.3 Å². The molecule has 194 valence electrons. The van der Waals surface area contributed by atoms with Gasteiger partial charge in [0.15, 0.2) is 5.71 Å². The van der Waals surface area contributed by atoms with Gasteiger partial charge in [-0.1, -0.05) is 68.5 Å². The smallest absolute Gasteiger partial charge is 0.209 e. The van der Waals surface area contributed by atoms with E-state index in [1.807, 2.05) is 0 Å². The summed E-state index contributed by atoms with van der Waals surface area (Å²) in [5.74, 6) is 0.288. The molecule has 4 rings (SSSR count). The number of unbranched alkanes of at least 4 members (excludes halogenated alkanes) is 2. The average molecular weight is 496 g/mol. The van der Waals surface area contributed by atoms with Gasteiger partial charge in [-0.3, -0.25) is 0 Å². The molecule has 0 saturated carbocycles. The summed E-state index contributed by atoms with van der Waals surface area (Å²) in [6.45, 7) is 15.1. The number of hydrogen-bond donors (Lipinski definition) is 0. The van der Waals surface area contributed by atoms with Gasteiger partial charge < -0.3 is 9.69 Å². The predicted octanol–water partition coefficient (Wildman–Crippen LogP) is 8.03. The van der Waals surface area contributed by atoms with Crippen LogP contribution in [0, 0.1) is 0 Å². The van der Waals surface area contributed by atoms with Gasteiger partial charge in [-0.25, -0.2) is 0 Å². The van der Waals surface area contributed by atoms with E-state index in [1.54, 1.807) is 6.92 Å². The molecule has 3 heteroatoms. The summed E-state index contributed by atoms with van der Waals surface area (Å²) < 4.78 is 2.49. The summed E-state index contributed by atoms with van der Waals surface area (Å²) in [6, 6.07) is 17.5. The van der Waals surface area contributed by atoms with E-state index in [9.17, 15) is 4.79 Å². The number of likely N-dealkylation sites (N-methyl/N-ethyl adjacent to an activating group) is 1. The Morgan fingerprint density at radius 2 is 1.57 bits per heavy atom.